The van der Waals surface area contributed by atoms with Gasteiger partial charge in [-0.25, -0.2) is 0 Å². The SMILES string of the molecule is CC(C)C[C@@H](NN)C1(c2ccc(Cl)cc2)CCC1. The lowest BCUT2D eigenvalue weighted by Gasteiger charge is -2.48. The van der Waals surface area contributed by atoms with E-state index >= 15 is 0 Å². The summed E-state index contributed by atoms with van der Waals surface area (Å²) in [5.41, 5.74) is 4.64. The second-order valence-electron chi connectivity index (χ2n) is 5.87. The standard InChI is InChI=1S/C15H23ClN2/c1-11(2)10-14(18-17)15(8-3-9-15)12-4-6-13(16)7-5-12/h4-7,11,14,18H,3,8-10,17H2,1-2H3/t14-/m1/s1. The molecule has 1 saturated carbocycles. The number of hydrogen-bond acceptors (Lipinski definition) is 2. The van der Waals surface area contributed by atoms with Gasteiger partial charge < -0.3 is 0 Å². The summed E-state index contributed by atoms with van der Waals surface area (Å²) >= 11 is 5.98. The van der Waals surface area contributed by atoms with Crippen LogP contribution in [0.15, 0.2) is 24.3 Å². The van der Waals surface area contributed by atoms with Crippen molar-refractivity contribution in [1.29, 1.82) is 0 Å². The Bertz CT molecular complexity index is 382. The highest BCUT2D eigenvalue weighted by molar-refractivity contribution is 6.30. The second-order valence-corrected chi connectivity index (χ2v) is 6.30. The molecule has 3 N–H and O–H groups in total. The molecule has 0 radical (unpaired) electrons. The van der Waals surface area contributed by atoms with Gasteiger partial charge in [0.05, 0.1) is 0 Å². The minimum atomic E-state index is 0.212. The summed E-state index contributed by atoms with van der Waals surface area (Å²) in [7, 11) is 0. The summed E-state index contributed by atoms with van der Waals surface area (Å²) in [5, 5.41) is 0.800. The maximum absolute atomic E-state index is 5.98. The van der Waals surface area contributed by atoms with E-state index in [1.165, 1.54) is 24.8 Å². The molecule has 1 atom stereocenters. The fraction of sp³-hybridized carbons (Fsp3) is 0.600. The molecular formula is C15H23ClN2. The van der Waals surface area contributed by atoms with Crippen molar-refractivity contribution >= 4 is 11.6 Å². The molecule has 2 rings (SSSR count). The maximum Gasteiger partial charge on any atom is 0.0406 e. The molecule has 1 aliphatic rings. The van der Waals surface area contributed by atoms with Crippen molar-refractivity contribution in [2.75, 3.05) is 0 Å². The average Bonchev–Trinajstić information content (AvgIpc) is 2.28. The van der Waals surface area contributed by atoms with E-state index in [1.807, 2.05) is 12.1 Å². The quantitative estimate of drug-likeness (QED) is 0.631. The van der Waals surface area contributed by atoms with Gasteiger partial charge in [-0.1, -0.05) is 44.0 Å². The van der Waals surface area contributed by atoms with E-state index in [4.69, 9.17) is 17.4 Å². The molecular weight excluding hydrogens is 244 g/mol. The van der Waals surface area contributed by atoms with Gasteiger partial charge >= 0.3 is 0 Å². The van der Waals surface area contributed by atoms with E-state index in [0.29, 0.717) is 12.0 Å². The largest absolute Gasteiger partial charge is 0.271 e. The Morgan fingerprint density at radius 1 is 1.28 bits per heavy atom. The third-order valence-corrected chi connectivity index (χ3v) is 4.49. The Morgan fingerprint density at radius 3 is 2.28 bits per heavy atom. The van der Waals surface area contributed by atoms with Gasteiger partial charge in [0, 0.05) is 16.5 Å². The van der Waals surface area contributed by atoms with Gasteiger partial charge in [-0.2, -0.15) is 0 Å². The van der Waals surface area contributed by atoms with Gasteiger partial charge in [0.15, 0.2) is 0 Å². The van der Waals surface area contributed by atoms with Crippen LogP contribution in [0.25, 0.3) is 0 Å². The fourth-order valence-electron chi connectivity index (χ4n) is 3.10. The number of halogens is 1. The van der Waals surface area contributed by atoms with E-state index in [2.05, 4.69) is 31.4 Å². The predicted molar refractivity (Wildman–Crippen MR) is 77.5 cm³/mol. The first-order chi connectivity index (χ1) is 8.58. The van der Waals surface area contributed by atoms with Gasteiger partial charge in [-0.3, -0.25) is 11.3 Å². The molecule has 100 valence electrons. The van der Waals surface area contributed by atoms with Crippen LogP contribution in [0, 0.1) is 5.92 Å². The first-order valence-corrected chi connectivity index (χ1v) is 7.18. The molecule has 18 heavy (non-hydrogen) atoms. The smallest absolute Gasteiger partial charge is 0.0406 e. The number of nitrogens with one attached hydrogen (secondary N) is 1. The lowest BCUT2D eigenvalue weighted by atomic mass is 9.59. The van der Waals surface area contributed by atoms with Crippen molar-refractivity contribution in [2.45, 2.75) is 51.0 Å². The Kier molecular flexibility index (Phi) is 4.31. The maximum atomic E-state index is 5.98. The van der Waals surface area contributed by atoms with Gasteiger partial charge in [-0.05, 0) is 42.9 Å². The third kappa shape index (κ3) is 2.56. The number of nitrogens with two attached hydrogens (primary N) is 1. The summed E-state index contributed by atoms with van der Waals surface area (Å²) in [5.74, 6) is 6.46. The van der Waals surface area contributed by atoms with Crippen LogP contribution < -0.4 is 11.3 Å². The van der Waals surface area contributed by atoms with Crippen LogP contribution in [0.3, 0.4) is 0 Å². The zero-order valence-corrected chi connectivity index (χ0v) is 12.0. The molecule has 3 heteroatoms. The van der Waals surface area contributed by atoms with Gasteiger partial charge in [0.1, 0.15) is 0 Å². The van der Waals surface area contributed by atoms with Crippen molar-refractivity contribution in [2.24, 2.45) is 11.8 Å². The topological polar surface area (TPSA) is 38.0 Å². The Hall–Kier alpha value is -0.570. The van der Waals surface area contributed by atoms with Gasteiger partial charge in [0.25, 0.3) is 0 Å². The zero-order valence-electron chi connectivity index (χ0n) is 11.2. The lowest BCUT2D eigenvalue weighted by Crippen LogP contribution is -2.55. The minimum absolute atomic E-state index is 0.212. The van der Waals surface area contributed by atoms with Crippen molar-refractivity contribution < 1.29 is 0 Å². The van der Waals surface area contributed by atoms with Crippen molar-refractivity contribution in [3.05, 3.63) is 34.9 Å². The molecule has 1 aromatic rings. The summed E-state index contributed by atoms with van der Waals surface area (Å²) in [6.45, 7) is 4.50. The third-order valence-electron chi connectivity index (χ3n) is 4.24. The van der Waals surface area contributed by atoms with E-state index in [1.54, 1.807) is 0 Å². The van der Waals surface area contributed by atoms with Crippen LogP contribution in [0.4, 0.5) is 0 Å². The first-order valence-electron chi connectivity index (χ1n) is 6.80. The highest BCUT2D eigenvalue weighted by Crippen LogP contribution is 2.47. The summed E-state index contributed by atoms with van der Waals surface area (Å²) < 4.78 is 0. The molecule has 0 bridgehead atoms. The second kappa shape index (κ2) is 5.60. The predicted octanol–water partition coefficient (Wildman–Crippen LogP) is 3.64. The van der Waals surface area contributed by atoms with Crippen molar-refractivity contribution in [3.8, 4) is 0 Å². The van der Waals surface area contributed by atoms with Crippen LogP contribution in [0.5, 0.6) is 0 Å². The van der Waals surface area contributed by atoms with Crippen molar-refractivity contribution in [1.82, 2.24) is 5.43 Å². The normalized spacial score (nSPS) is 19.6. The fourth-order valence-corrected chi connectivity index (χ4v) is 3.23. The lowest BCUT2D eigenvalue weighted by molar-refractivity contribution is 0.152. The van der Waals surface area contributed by atoms with Crippen LogP contribution >= 0.6 is 11.6 Å². The van der Waals surface area contributed by atoms with E-state index in [9.17, 15) is 0 Å². The molecule has 0 aliphatic heterocycles. The average molecular weight is 267 g/mol. The number of hydrazine groups is 1. The Balaban J connectivity index is 2.26. The van der Waals surface area contributed by atoms with E-state index in [-0.39, 0.29) is 5.41 Å². The van der Waals surface area contributed by atoms with Gasteiger partial charge in [0.2, 0.25) is 0 Å². The Morgan fingerprint density at radius 2 is 1.89 bits per heavy atom. The molecule has 0 aromatic heterocycles. The monoisotopic (exact) mass is 266 g/mol. The summed E-state index contributed by atoms with van der Waals surface area (Å²) in [6, 6.07) is 8.64. The molecule has 2 nitrogen and oxygen atoms in total. The van der Waals surface area contributed by atoms with Crippen LogP contribution in [-0.4, -0.2) is 6.04 Å². The number of rotatable bonds is 5. The van der Waals surface area contributed by atoms with E-state index in [0.717, 1.165) is 11.4 Å². The molecule has 1 aliphatic carbocycles. The highest BCUT2D eigenvalue weighted by atomic mass is 35.5. The first kappa shape index (κ1) is 13.9. The number of benzene rings is 1. The zero-order chi connectivity index (χ0) is 13.2. The number of hydrogen-bond donors (Lipinski definition) is 2. The van der Waals surface area contributed by atoms with Gasteiger partial charge in [-0.15, -0.1) is 0 Å². The Labute approximate surface area is 115 Å². The van der Waals surface area contributed by atoms with Crippen LogP contribution in [0.1, 0.15) is 45.1 Å². The van der Waals surface area contributed by atoms with Crippen LogP contribution in [-0.2, 0) is 5.41 Å². The minimum Gasteiger partial charge on any atom is -0.271 e. The summed E-state index contributed by atoms with van der Waals surface area (Å²) in [4.78, 5) is 0. The molecule has 0 spiro atoms. The molecule has 0 heterocycles. The highest BCUT2D eigenvalue weighted by Gasteiger charge is 2.45. The molecule has 1 aromatic carbocycles. The molecule has 0 saturated heterocycles. The molecule has 1 fully saturated rings. The van der Waals surface area contributed by atoms with Crippen molar-refractivity contribution in [3.63, 3.8) is 0 Å². The molecule has 0 unspecified atom stereocenters. The van der Waals surface area contributed by atoms with E-state index < -0.39 is 0 Å². The molecule has 0 amide bonds. The van der Waals surface area contributed by atoms with Crippen LogP contribution in [0.2, 0.25) is 5.02 Å². The summed E-state index contributed by atoms with van der Waals surface area (Å²) in [6.07, 6.45) is 4.84.